The Morgan fingerprint density at radius 1 is 1.39 bits per heavy atom. The van der Waals surface area contributed by atoms with Crippen molar-refractivity contribution in [2.75, 3.05) is 19.6 Å². The molecule has 0 saturated carbocycles. The van der Waals surface area contributed by atoms with Crippen molar-refractivity contribution in [1.82, 2.24) is 20.2 Å². The Balaban J connectivity index is 1.47. The van der Waals surface area contributed by atoms with E-state index >= 15 is 0 Å². The van der Waals surface area contributed by atoms with Crippen LogP contribution in [-0.2, 0) is 6.54 Å². The minimum atomic E-state index is 0.594. The topological polar surface area (TPSA) is 41.0 Å². The smallest absolute Gasteiger partial charge is 0.142 e. The second-order valence-corrected chi connectivity index (χ2v) is 7.11. The van der Waals surface area contributed by atoms with Crippen molar-refractivity contribution in [3.8, 4) is 10.7 Å². The Kier molecular flexibility index (Phi) is 5.54. The molecule has 0 unspecified atom stereocenters. The van der Waals surface area contributed by atoms with Gasteiger partial charge in [-0.15, -0.1) is 11.3 Å². The number of piperidine rings is 1. The first kappa shape index (κ1) is 16.3. The molecule has 5 heteroatoms. The van der Waals surface area contributed by atoms with Crippen molar-refractivity contribution in [3.63, 3.8) is 0 Å². The molecule has 0 radical (unpaired) electrons. The number of hydrogen-bond acceptors (Lipinski definition) is 5. The van der Waals surface area contributed by atoms with Crippen molar-refractivity contribution in [3.05, 3.63) is 47.6 Å². The van der Waals surface area contributed by atoms with E-state index in [0.717, 1.165) is 42.6 Å². The van der Waals surface area contributed by atoms with Crippen LogP contribution in [0.25, 0.3) is 10.7 Å². The summed E-state index contributed by atoms with van der Waals surface area (Å²) >= 11 is 1.66. The predicted octanol–water partition coefficient (Wildman–Crippen LogP) is 3.34. The average Bonchev–Trinajstić information content (AvgIpc) is 3.04. The molecule has 3 rings (SSSR count). The van der Waals surface area contributed by atoms with Crippen molar-refractivity contribution in [1.29, 1.82) is 0 Å². The van der Waals surface area contributed by atoms with Gasteiger partial charge < -0.3 is 5.32 Å². The summed E-state index contributed by atoms with van der Waals surface area (Å²) in [6, 6.07) is 6.53. The second-order valence-electron chi connectivity index (χ2n) is 6.25. The third-order valence-electron chi connectivity index (χ3n) is 4.09. The fourth-order valence-electron chi connectivity index (χ4n) is 2.92. The van der Waals surface area contributed by atoms with Crippen LogP contribution in [-0.4, -0.2) is 40.5 Å². The zero-order valence-electron chi connectivity index (χ0n) is 13.7. The molecule has 23 heavy (non-hydrogen) atoms. The molecule has 0 spiro atoms. The number of hydrogen-bond donors (Lipinski definition) is 1. The number of rotatable bonds is 6. The number of nitrogens with zero attached hydrogens (tertiary/aromatic N) is 3. The summed E-state index contributed by atoms with van der Waals surface area (Å²) in [5.74, 6) is 0. The second kappa shape index (κ2) is 7.81. The minimum absolute atomic E-state index is 0.594. The lowest BCUT2D eigenvalue weighted by Crippen LogP contribution is -2.42. The number of nitrogens with one attached hydrogen (secondary N) is 1. The minimum Gasteiger partial charge on any atom is -0.308 e. The molecule has 0 bridgehead atoms. The van der Waals surface area contributed by atoms with E-state index in [9.17, 15) is 0 Å². The number of thiazole rings is 1. The van der Waals surface area contributed by atoms with Crippen LogP contribution >= 0.6 is 11.3 Å². The summed E-state index contributed by atoms with van der Waals surface area (Å²) in [6.45, 7) is 10.3. The van der Waals surface area contributed by atoms with Crippen molar-refractivity contribution in [2.24, 2.45) is 0 Å². The Bertz CT molecular complexity index is 629. The molecule has 0 aliphatic carbocycles. The van der Waals surface area contributed by atoms with Crippen LogP contribution in [0.5, 0.6) is 0 Å². The highest BCUT2D eigenvalue weighted by atomic mass is 32.1. The van der Waals surface area contributed by atoms with Gasteiger partial charge in [-0.3, -0.25) is 9.88 Å². The van der Waals surface area contributed by atoms with Gasteiger partial charge in [-0.2, -0.15) is 0 Å². The SMILES string of the molecule is C=C(C)CN1CCC(NCc2csc(-c3ccccn3)n2)CC1. The summed E-state index contributed by atoms with van der Waals surface area (Å²) in [5.41, 5.74) is 3.32. The predicted molar refractivity (Wildman–Crippen MR) is 96.5 cm³/mol. The zero-order valence-corrected chi connectivity index (χ0v) is 14.5. The van der Waals surface area contributed by atoms with Crippen LogP contribution in [0, 0.1) is 0 Å². The molecule has 1 aliphatic rings. The molecule has 2 aromatic rings. The van der Waals surface area contributed by atoms with Gasteiger partial charge in [-0.1, -0.05) is 18.2 Å². The van der Waals surface area contributed by atoms with Gasteiger partial charge in [0, 0.05) is 30.7 Å². The molecule has 1 saturated heterocycles. The molecule has 122 valence electrons. The highest BCUT2D eigenvalue weighted by Crippen LogP contribution is 2.21. The monoisotopic (exact) mass is 328 g/mol. The number of likely N-dealkylation sites (tertiary alicyclic amines) is 1. The maximum absolute atomic E-state index is 4.69. The first-order valence-electron chi connectivity index (χ1n) is 8.16. The van der Waals surface area contributed by atoms with Crippen molar-refractivity contribution in [2.45, 2.75) is 32.4 Å². The standard InChI is InChI=1S/C18H24N4S/c1-14(2)12-22-9-6-15(7-10-22)20-11-16-13-23-18(21-16)17-5-3-4-8-19-17/h3-5,8,13,15,20H,1,6-7,9-12H2,2H3. The van der Waals surface area contributed by atoms with Crippen molar-refractivity contribution < 1.29 is 0 Å². The fraction of sp³-hybridized carbons (Fsp3) is 0.444. The van der Waals surface area contributed by atoms with E-state index in [2.05, 4.69) is 34.1 Å². The van der Waals surface area contributed by atoms with Gasteiger partial charge >= 0.3 is 0 Å². The molecule has 0 atom stereocenters. The summed E-state index contributed by atoms with van der Waals surface area (Å²) in [5, 5.41) is 6.78. The van der Waals surface area contributed by atoms with E-state index in [0.29, 0.717) is 6.04 Å². The maximum Gasteiger partial charge on any atom is 0.142 e. The van der Waals surface area contributed by atoms with Crippen LogP contribution in [0.15, 0.2) is 41.9 Å². The molecule has 1 fully saturated rings. The lowest BCUT2D eigenvalue weighted by Gasteiger charge is -2.32. The molecule has 2 aromatic heterocycles. The molecule has 3 heterocycles. The first-order valence-corrected chi connectivity index (χ1v) is 9.04. The largest absolute Gasteiger partial charge is 0.308 e. The first-order chi connectivity index (χ1) is 11.2. The maximum atomic E-state index is 4.69. The van der Waals surface area contributed by atoms with Gasteiger partial charge in [0.1, 0.15) is 5.01 Å². The molecule has 1 aliphatic heterocycles. The van der Waals surface area contributed by atoms with Crippen LogP contribution in [0.3, 0.4) is 0 Å². The van der Waals surface area contributed by atoms with Crippen LogP contribution in [0.2, 0.25) is 0 Å². The van der Waals surface area contributed by atoms with E-state index < -0.39 is 0 Å². The highest BCUT2D eigenvalue weighted by molar-refractivity contribution is 7.13. The van der Waals surface area contributed by atoms with E-state index in [1.807, 2.05) is 24.4 Å². The van der Waals surface area contributed by atoms with Crippen LogP contribution in [0.4, 0.5) is 0 Å². The number of aromatic nitrogens is 2. The average molecular weight is 328 g/mol. The zero-order chi connectivity index (χ0) is 16.1. The molecular formula is C18H24N4S. The Morgan fingerprint density at radius 2 is 2.22 bits per heavy atom. The fourth-order valence-corrected chi connectivity index (χ4v) is 3.72. The lowest BCUT2D eigenvalue weighted by molar-refractivity contribution is 0.211. The van der Waals surface area contributed by atoms with Crippen LogP contribution in [0.1, 0.15) is 25.5 Å². The third-order valence-corrected chi connectivity index (χ3v) is 5.00. The third kappa shape index (κ3) is 4.70. The summed E-state index contributed by atoms with van der Waals surface area (Å²) in [4.78, 5) is 11.5. The van der Waals surface area contributed by atoms with Gasteiger partial charge in [0.05, 0.1) is 11.4 Å². The van der Waals surface area contributed by atoms with E-state index in [1.54, 1.807) is 11.3 Å². The van der Waals surface area contributed by atoms with Gasteiger partial charge in [0.2, 0.25) is 0 Å². The summed E-state index contributed by atoms with van der Waals surface area (Å²) in [7, 11) is 0. The summed E-state index contributed by atoms with van der Waals surface area (Å²) in [6.07, 6.45) is 4.21. The van der Waals surface area contributed by atoms with Gasteiger partial charge in [-0.05, 0) is 45.0 Å². The van der Waals surface area contributed by atoms with Gasteiger partial charge in [-0.25, -0.2) is 4.98 Å². The van der Waals surface area contributed by atoms with Crippen molar-refractivity contribution >= 4 is 11.3 Å². The Hall–Kier alpha value is -1.56. The normalized spacial score (nSPS) is 16.6. The molecule has 0 amide bonds. The van der Waals surface area contributed by atoms with Gasteiger partial charge in [0.15, 0.2) is 0 Å². The molecule has 0 aromatic carbocycles. The number of pyridine rings is 1. The van der Waals surface area contributed by atoms with Gasteiger partial charge in [0.25, 0.3) is 0 Å². The Labute approximate surface area is 142 Å². The Morgan fingerprint density at radius 3 is 2.91 bits per heavy atom. The van der Waals surface area contributed by atoms with E-state index in [1.165, 1.54) is 18.4 Å². The molecule has 1 N–H and O–H groups in total. The quantitative estimate of drug-likeness (QED) is 0.826. The van der Waals surface area contributed by atoms with E-state index in [-0.39, 0.29) is 0 Å². The molecular weight excluding hydrogens is 304 g/mol. The summed E-state index contributed by atoms with van der Waals surface area (Å²) < 4.78 is 0. The highest BCUT2D eigenvalue weighted by Gasteiger charge is 2.18. The van der Waals surface area contributed by atoms with E-state index in [4.69, 9.17) is 4.98 Å². The molecule has 4 nitrogen and oxygen atoms in total. The van der Waals surface area contributed by atoms with Crippen LogP contribution < -0.4 is 5.32 Å². The lowest BCUT2D eigenvalue weighted by atomic mass is 10.0.